The van der Waals surface area contributed by atoms with Crippen molar-refractivity contribution in [3.63, 3.8) is 0 Å². The summed E-state index contributed by atoms with van der Waals surface area (Å²) in [5.41, 5.74) is 2.55. The molecule has 0 aromatic carbocycles. The number of ether oxygens (including phenoxy) is 1. The van der Waals surface area contributed by atoms with Gasteiger partial charge in [-0.15, -0.1) is 0 Å². The van der Waals surface area contributed by atoms with Crippen molar-refractivity contribution in [2.45, 2.75) is 58.0 Å². The summed E-state index contributed by atoms with van der Waals surface area (Å²) in [6.07, 6.45) is 8.04. The van der Waals surface area contributed by atoms with Gasteiger partial charge < -0.3 is 9.72 Å². The van der Waals surface area contributed by atoms with E-state index in [0.29, 0.717) is 0 Å². The predicted molar refractivity (Wildman–Crippen MR) is 75.3 cm³/mol. The van der Waals surface area contributed by atoms with Crippen LogP contribution in [0.4, 0.5) is 0 Å². The van der Waals surface area contributed by atoms with E-state index in [-0.39, 0.29) is 6.10 Å². The van der Waals surface area contributed by atoms with Crippen molar-refractivity contribution >= 4 is 12.2 Å². The molecule has 4 heteroatoms. The maximum atomic E-state index is 5.51. The molecule has 0 bridgehead atoms. The van der Waals surface area contributed by atoms with Gasteiger partial charge in [0.15, 0.2) is 0 Å². The highest BCUT2D eigenvalue weighted by molar-refractivity contribution is 7.71. The molecule has 100 valence electrons. The quantitative estimate of drug-likeness (QED) is 0.663. The number of aromatic nitrogens is 2. The molecule has 0 aliphatic heterocycles. The van der Waals surface area contributed by atoms with Crippen LogP contribution in [0, 0.1) is 4.64 Å². The lowest BCUT2D eigenvalue weighted by atomic mass is 10.1. The van der Waals surface area contributed by atoms with Crippen LogP contribution >= 0.6 is 12.2 Å². The van der Waals surface area contributed by atoms with Crippen molar-refractivity contribution in [3.05, 3.63) is 21.7 Å². The predicted octanol–water partition coefficient (Wildman–Crippen LogP) is 3.90. The van der Waals surface area contributed by atoms with E-state index in [0.717, 1.165) is 36.1 Å². The number of methoxy groups -OCH3 is 1. The molecule has 18 heavy (non-hydrogen) atoms. The van der Waals surface area contributed by atoms with Crippen molar-refractivity contribution in [3.8, 4) is 0 Å². The van der Waals surface area contributed by atoms with Gasteiger partial charge in [-0.3, -0.25) is 0 Å². The highest BCUT2D eigenvalue weighted by Gasteiger charge is 2.17. The lowest BCUT2D eigenvalue weighted by molar-refractivity contribution is 0.0872. The molecular weight excluding hydrogens is 244 g/mol. The molecule has 0 fully saturated rings. The average molecular weight is 266 g/mol. The lowest BCUT2D eigenvalue weighted by Gasteiger charge is -2.16. The molecule has 2 rings (SSSR count). The van der Waals surface area contributed by atoms with Gasteiger partial charge >= 0.3 is 0 Å². The molecule has 1 atom stereocenters. The van der Waals surface area contributed by atoms with Crippen molar-refractivity contribution < 1.29 is 4.74 Å². The molecule has 0 radical (unpaired) electrons. The van der Waals surface area contributed by atoms with E-state index in [1.807, 2.05) is 0 Å². The number of H-pyrrole nitrogens is 1. The van der Waals surface area contributed by atoms with Gasteiger partial charge in [0.25, 0.3) is 0 Å². The van der Waals surface area contributed by atoms with Crippen LogP contribution in [-0.2, 0) is 17.6 Å². The van der Waals surface area contributed by atoms with E-state index >= 15 is 0 Å². The summed E-state index contributed by atoms with van der Waals surface area (Å²) in [6, 6.07) is 0. The monoisotopic (exact) mass is 266 g/mol. The molecule has 1 heterocycles. The Hall–Kier alpha value is -0.740. The average Bonchev–Trinajstić information content (AvgIpc) is 2.61. The van der Waals surface area contributed by atoms with Crippen LogP contribution in [0.15, 0.2) is 0 Å². The van der Waals surface area contributed by atoms with Crippen LogP contribution in [0.25, 0.3) is 0 Å². The highest BCUT2D eigenvalue weighted by atomic mass is 32.1. The van der Waals surface area contributed by atoms with Crippen LogP contribution in [-0.4, -0.2) is 17.1 Å². The SMILES string of the molecule is CCCC(OC)c1nc(=S)c2c([nH]1)CCCCC2. The number of fused-ring (bicyclic) bond motifs is 1. The van der Waals surface area contributed by atoms with Gasteiger partial charge in [-0.2, -0.15) is 0 Å². The molecule has 0 spiro atoms. The summed E-state index contributed by atoms with van der Waals surface area (Å²) in [4.78, 5) is 8.03. The fourth-order valence-electron chi connectivity index (χ4n) is 2.60. The van der Waals surface area contributed by atoms with Crippen molar-refractivity contribution in [2.75, 3.05) is 7.11 Å². The van der Waals surface area contributed by atoms with E-state index in [1.165, 1.54) is 30.5 Å². The third-order valence-corrected chi connectivity index (χ3v) is 3.95. The molecular formula is C14H22N2OS. The normalized spacial score (nSPS) is 17.0. The summed E-state index contributed by atoms with van der Waals surface area (Å²) < 4.78 is 6.29. The molecule has 1 aromatic heterocycles. The number of rotatable bonds is 4. The highest BCUT2D eigenvalue weighted by Crippen LogP contribution is 2.24. The summed E-state index contributed by atoms with van der Waals surface area (Å²) in [5.74, 6) is 0.907. The third-order valence-electron chi connectivity index (χ3n) is 3.62. The molecule has 0 saturated carbocycles. The summed E-state index contributed by atoms with van der Waals surface area (Å²) >= 11 is 5.45. The van der Waals surface area contributed by atoms with Gasteiger partial charge in [-0.05, 0) is 32.1 Å². The molecule has 0 amide bonds. The fraction of sp³-hybridized carbons (Fsp3) is 0.714. The van der Waals surface area contributed by atoms with Crippen molar-refractivity contribution in [2.24, 2.45) is 0 Å². The standard InChI is InChI=1S/C14H22N2OS/c1-3-7-12(17-2)13-15-11-9-6-4-5-8-10(11)14(18)16-13/h12H,3-9H2,1-2H3,(H,15,16,18). The van der Waals surface area contributed by atoms with Gasteiger partial charge in [0.1, 0.15) is 16.6 Å². The molecule has 1 N–H and O–H groups in total. The van der Waals surface area contributed by atoms with E-state index in [9.17, 15) is 0 Å². The summed E-state index contributed by atoms with van der Waals surface area (Å²) in [7, 11) is 1.74. The van der Waals surface area contributed by atoms with Crippen molar-refractivity contribution in [1.29, 1.82) is 0 Å². The Morgan fingerprint density at radius 1 is 1.33 bits per heavy atom. The second kappa shape index (κ2) is 6.43. The zero-order chi connectivity index (χ0) is 13.0. The Bertz CT molecular complexity index is 456. The summed E-state index contributed by atoms with van der Waals surface area (Å²) in [6.45, 7) is 2.16. The van der Waals surface area contributed by atoms with E-state index < -0.39 is 0 Å². The number of nitrogens with zero attached hydrogens (tertiary/aromatic N) is 1. The van der Waals surface area contributed by atoms with Crippen LogP contribution in [0.5, 0.6) is 0 Å². The molecule has 3 nitrogen and oxygen atoms in total. The Morgan fingerprint density at radius 3 is 2.83 bits per heavy atom. The number of aryl methyl sites for hydroxylation is 1. The van der Waals surface area contributed by atoms with E-state index in [2.05, 4.69) is 16.9 Å². The van der Waals surface area contributed by atoms with Crippen LogP contribution in [0.3, 0.4) is 0 Å². The topological polar surface area (TPSA) is 37.9 Å². The first kappa shape index (κ1) is 13.7. The first-order valence-electron chi connectivity index (χ1n) is 6.91. The Kier molecular flexibility index (Phi) is 4.89. The second-order valence-electron chi connectivity index (χ2n) is 4.96. The van der Waals surface area contributed by atoms with Crippen molar-refractivity contribution in [1.82, 2.24) is 9.97 Å². The number of aromatic amines is 1. The maximum Gasteiger partial charge on any atom is 0.137 e. The Labute approximate surface area is 114 Å². The lowest BCUT2D eigenvalue weighted by Crippen LogP contribution is -2.11. The summed E-state index contributed by atoms with van der Waals surface area (Å²) in [5, 5.41) is 0. The Balaban J connectivity index is 2.36. The molecule has 0 saturated heterocycles. The van der Waals surface area contributed by atoms with Crippen LogP contribution < -0.4 is 0 Å². The minimum absolute atomic E-state index is 0.0465. The van der Waals surface area contributed by atoms with E-state index in [1.54, 1.807) is 7.11 Å². The number of hydrogen-bond acceptors (Lipinski definition) is 3. The van der Waals surface area contributed by atoms with Gasteiger partial charge in [-0.1, -0.05) is 32.0 Å². The van der Waals surface area contributed by atoms with Gasteiger partial charge in [0.2, 0.25) is 0 Å². The largest absolute Gasteiger partial charge is 0.374 e. The van der Waals surface area contributed by atoms with E-state index in [4.69, 9.17) is 17.0 Å². The maximum absolute atomic E-state index is 5.51. The molecule has 1 aliphatic carbocycles. The number of nitrogens with one attached hydrogen (secondary N) is 1. The molecule has 1 aromatic rings. The third kappa shape index (κ3) is 2.98. The number of hydrogen-bond donors (Lipinski definition) is 1. The second-order valence-corrected chi connectivity index (χ2v) is 5.34. The fourth-order valence-corrected chi connectivity index (χ4v) is 2.92. The first-order chi connectivity index (χ1) is 8.76. The molecule has 1 aliphatic rings. The van der Waals surface area contributed by atoms with Crippen LogP contribution in [0.2, 0.25) is 0 Å². The molecule has 1 unspecified atom stereocenters. The van der Waals surface area contributed by atoms with Gasteiger partial charge in [0.05, 0.1) is 0 Å². The van der Waals surface area contributed by atoms with Gasteiger partial charge in [-0.25, -0.2) is 4.98 Å². The minimum Gasteiger partial charge on any atom is -0.374 e. The first-order valence-corrected chi connectivity index (χ1v) is 7.31. The Morgan fingerprint density at radius 2 is 2.11 bits per heavy atom. The van der Waals surface area contributed by atoms with Crippen LogP contribution in [0.1, 0.15) is 62.2 Å². The minimum atomic E-state index is 0.0465. The zero-order valence-electron chi connectivity index (χ0n) is 11.3. The smallest absolute Gasteiger partial charge is 0.137 e. The zero-order valence-corrected chi connectivity index (χ0v) is 12.1. The van der Waals surface area contributed by atoms with Gasteiger partial charge in [0, 0.05) is 18.4 Å².